The van der Waals surface area contributed by atoms with Crippen LogP contribution in [0.3, 0.4) is 0 Å². The molecule has 0 aliphatic carbocycles. The molecule has 4 aromatic rings. The fraction of sp³-hybridized carbons (Fsp3) is 0.372. The molecular formula is C43H47ClN8O8S. The first-order valence-corrected chi connectivity index (χ1v) is 22.0. The number of aromatic nitrogens is 2. The third-order valence-corrected chi connectivity index (χ3v) is 13.5. The summed E-state index contributed by atoms with van der Waals surface area (Å²) >= 11 is 6.49. The number of anilines is 5. The minimum atomic E-state index is -3.61. The number of likely N-dealkylation sites (tertiary alicyclic amines) is 1. The van der Waals surface area contributed by atoms with E-state index in [1.54, 1.807) is 55.1 Å². The average Bonchev–Trinajstić information content (AvgIpc) is 3.48. The number of imide groups is 2. The molecule has 3 aliphatic heterocycles. The molecule has 0 bridgehead atoms. The number of carbonyl (C=O) groups is 5. The molecule has 4 heterocycles. The molecule has 3 aromatic carbocycles. The molecule has 16 nitrogen and oxygen atoms in total. The molecule has 1 atom stereocenters. The van der Waals surface area contributed by atoms with Crippen molar-refractivity contribution in [1.29, 1.82) is 0 Å². The van der Waals surface area contributed by atoms with Crippen LogP contribution in [0.15, 0.2) is 65.7 Å². The van der Waals surface area contributed by atoms with Crippen LogP contribution in [0.1, 0.15) is 91.1 Å². The number of hydrogen-bond donors (Lipinski definition) is 4. The zero-order valence-corrected chi connectivity index (χ0v) is 35.9. The molecule has 0 saturated carbocycles. The van der Waals surface area contributed by atoms with E-state index in [4.69, 9.17) is 16.3 Å². The van der Waals surface area contributed by atoms with Gasteiger partial charge in [-0.15, -0.1) is 0 Å². The van der Waals surface area contributed by atoms with Crippen molar-refractivity contribution in [2.45, 2.75) is 88.5 Å². The second kappa shape index (κ2) is 17.5. The van der Waals surface area contributed by atoms with Gasteiger partial charge in [-0.05, 0) is 107 Å². The summed E-state index contributed by atoms with van der Waals surface area (Å²) < 4.78 is 32.4. The van der Waals surface area contributed by atoms with Gasteiger partial charge < -0.3 is 25.6 Å². The van der Waals surface area contributed by atoms with E-state index in [0.29, 0.717) is 48.7 Å². The number of rotatable bonds is 13. The fourth-order valence-electron chi connectivity index (χ4n) is 7.81. The zero-order chi connectivity index (χ0) is 43.7. The SMILES string of the molecule is Cc1cc(Nc2ncc(Cl)c(Nc3ccccc3S(=O)(=O)C(C)C)n2)c(OC(C)C)cc1C1CCN(C(=O)CNc2cccc3c2C(=O)N(C2CCC(=O)NC2=O)C3=O)CC1. The van der Waals surface area contributed by atoms with Crippen LogP contribution in [0, 0.1) is 6.92 Å². The summed E-state index contributed by atoms with van der Waals surface area (Å²) in [5, 5.41) is 11.2. The Morgan fingerprint density at radius 1 is 0.934 bits per heavy atom. The van der Waals surface area contributed by atoms with Crippen molar-refractivity contribution in [1.82, 2.24) is 25.1 Å². The largest absolute Gasteiger partial charge is 0.489 e. The molecular weight excluding hydrogens is 824 g/mol. The fourth-order valence-corrected chi connectivity index (χ4v) is 9.15. The standard InChI is InChI=1S/C43H47ClN8O8S/c1-23(2)60-34-20-28(25(5)19-32(34)48-43-46-21-29(44)39(50-43)47-30-10-6-7-12-35(30)61(58,59)24(3)4)26-15-17-51(18-16-26)37(54)22-45-31-11-8-9-27-38(31)42(57)52(41(27)56)33-13-14-36(53)49-40(33)55/h6-12,19-21,23-24,26,33,45H,13-18,22H2,1-5H3,(H,49,53,55)(H2,46,47,48,50). The number of benzene rings is 3. The summed E-state index contributed by atoms with van der Waals surface area (Å²) in [6.45, 7) is 9.99. The average molecular weight is 871 g/mol. The van der Waals surface area contributed by atoms with E-state index in [0.717, 1.165) is 16.0 Å². The van der Waals surface area contributed by atoms with Gasteiger partial charge in [-0.3, -0.25) is 34.2 Å². The molecule has 61 heavy (non-hydrogen) atoms. The number of para-hydroxylation sites is 1. The summed E-state index contributed by atoms with van der Waals surface area (Å²) in [4.78, 5) is 76.2. The highest BCUT2D eigenvalue weighted by atomic mass is 35.5. The second-order valence-corrected chi connectivity index (χ2v) is 18.7. The number of sulfone groups is 1. The van der Waals surface area contributed by atoms with Crippen molar-refractivity contribution in [3.05, 3.63) is 88.1 Å². The lowest BCUT2D eigenvalue weighted by Gasteiger charge is -2.33. The molecule has 4 N–H and O–H groups in total. The van der Waals surface area contributed by atoms with E-state index in [-0.39, 0.29) is 70.1 Å². The Balaban J connectivity index is 1.01. The monoisotopic (exact) mass is 870 g/mol. The molecule has 2 saturated heterocycles. The van der Waals surface area contributed by atoms with Crippen molar-refractivity contribution >= 4 is 79.8 Å². The number of aryl methyl sites for hydroxylation is 1. The van der Waals surface area contributed by atoms with E-state index in [1.807, 2.05) is 32.9 Å². The van der Waals surface area contributed by atoms with Gasteiger partial charge in [-0.1, -0.05) is 29.8 Å². The van der Waals surface area contributed by atoms with Crippen LogP contribution in [0.5, 0.6) is 5.75 Å². The van der Waals surface area contributed by atoms with Gasteiger partial charge in [0.05, 0.1) is 51.5 Å². The van der Waals surface area contributed by atoms with E-state index >= 15 is 0 Å². The van der Waals surface area contributed by atoms with E-state index < -0.39 is 44.8 Å². The highest BCUT2D eigenvalue weighted by Gasteiger charge is 2.45. The predicted octanol–water partition coefficient (Wildman–Crippen LogP) is 6.11. The zero-order valence-electron chi connectivity index (χ0n) is 34.4. The Hall–Kier alpha value is -6.07. The molecule has 2 fully saturated rings. The smallest absolute Gasteiger partial charge is 0.264 e. The summed E-state index contributed by atoms with van der Waals surface area (Å²) in [5.74, 6) is -1.44. The van der Waals surface area contributed by atoms with Gasteiger partial charge in [0.1, 0.15) is 16.8 Å². The topological polar surface area (TPSA) is 209 Å². The first kappa shape index (κ1) is 43.0. The second-order valence-electron chi connectivity index (χ2n) is 15.8. The number of nitrogens with one attached hydrogen (secondary N) is 4. The molecule has 0 spiro atoms. The van der Waals surface area contributed by atoms with Crippen LogP contribution >= 0.6 is 11.6 Å². The van der Waals surface area contributed by atoms with Crippen LogP contribution in [-0.2, 0) is 24.2 Å². The molecule has 5 amide bonds. The highest BCUT2D eigenvalue weighted by Crippen LogP contribution is 2.39. The van der Waals surface area contributed by atoms with Gasteiger partial charge in [0.25, 0.3) is 11.8 Å². The number of amides is 5. The Bertz CT molecular complexity index is 2540. The van der Waals surface area contributed by atoms with Gasteiger partial charge >= 0.3 is 0 Å². The number of ether oxygens (including phenoxy) is 1. The summed E-state index contributed by atoms with van der Waals surface area (Å²) in [5.41, 5.74) is 3.57. The van der Waals surface area contributed by atoms with Gasteiger partial charge in [-0.25, -0.2) is 13.4 Å². The van der Waals surface area contributed by atoms with Crippen LogP contribution in [0.4, 0.5) is 28.8 Å². The third kappa shape index (κ3) is 8.89. The molecule has 7 rings (SSSR count). The van der Waals surface area contributed by atoms with Gasteiger partial charge in [-0.2, -0.15) is 4.98 Å². The predicted molar refractivity (Wildman–Crippen MR) is 229 cm³/mol. The van der Waals surface area contributed by atoms with Crippen molar-refractivity contribution < 1.29 is 37.1 Å². The maximum Gasteiger partial charge on any atom is 0.264 e. The molecule has 1 unspecified atom stereocenters. The minimum absolute atomic E-state index is 0.0165. The van der Waals surface area contributed by atoms with Crippen molar-refractivity contribution in [2.75, 3.05) is 35.6 Å². The summed E-state index contributed by atoms with van der Waals surface area (Å²) in [6.07, 6.45) is 2.72. The Morgan fingerprint density at radius 2 is 1.66 bits per heavy atom. The lowest BCUT2D eigenvalue weighted by atomic mass is 9.86. The Labute approximate surface area is 358 Å². The minimum Gasteiger partial charge on any atom is -0.489 e. The quantitative estimate of drug-likeness (QED) is 0.112. The van der Waals surface area contributed by atoms with E-state index in [9.17, 15) is 32.4 Å². The van der Waals surface area contributed by atoms with Crippen molar-refractivity contribution in [2.24, 2.45) is 0 Å². The molecule has 18 heteroatoms. The Kier molecular flexibility index (Phi) is 12.3. The van der Waals surface area contributed by atoms with Crippen LogP contribution in [0.2, 0.25) is 5.02 Å². The lowest BCUT2D eigenvalue weighted by Crippen LogP contribution is -2.54. The molecule has 1 aromatic heterocycles. The van der Waals surface area contributed by atoms with Crippen molar-refractivity contribution in [3.8, 4) is 5.75 Å². The molecule has 320 valence electrons. The maximum atomic E-state index is 13.5. The maximum absolute atomic E-state index is 13.5. The van der Waals surface area contributed by atoms with Crippen LogP contribution < -0.4 is 26.0 Å². The first-order valence-electron chi connectivity index (χ1n) is 20.1. The van der Waals surface area contributed by atoms with Crippen LogP contribution in [0.25, 0.3) is 0 Å². The normalized spacial score (nSPS) is 17.1. The van der Waals surface area contributed by atoms with E-state index in [2.05, 4.69) is 31.2 Å². The van der Waals surface area contributed by atoms with Gasteiger partial charge in [0.2, 0.25) is 23.7 Å². The number of hydrogen-bond acceptors (Lipinski definition) is 13. The third-order valence-electron chi connectivity index (χ3n) is 11.0. The summed E-state index contributed by atoms with van der Waals surface area (Å²) in [7, 11) is -3.61. The number of fused-ring (bicyclic) bond motifs is 1. The van der Waals surface area contributed by atoms with Crippen molar-refractivity contribution in [3.63, 3.8) is 0 Å². The molecule has 0 radical (unpaired) electrons. The van der Waals surface area contributed by atoms with Gasteiger partial charge in [0.15, 0.2) is 15.7 Å². The number of nitrogens with zero attached hydrogens (tertiary/aromatic N) is 4. The Morgan fingerprint density at radius 3 is 2.36 bits per heavy atom. The molecule has 3 aliphatic rings. The van der Waals surface area contributed by atoms with E-state index in [1.165, 1.54) is 12.3 Å². The van der Waals surface area contributed by atoms with Crippen LogP contribution in [-0.4, -0.2) is 94.8 Å². The number of halogens is 1. The lowest BCUT2D eigenvalue weighted by molar-refractivity contribution is -0.136. The highest BCUT2D eigenvalue weighted by molar-refractivity contribution is 7.92. The number of piperidine rings is 2. The summed E-state index contributed by atoms with van der Waals surface area (Å²) in [6, 6.07) is 14.2. The first-order chi connectivity index (χ1) is 29.0. The number of carbonyl (C=O) groups excluding carboxylic acids is 5. The van der Waals surface area contributed by atoms with Gasteiger partial charge in [0, 0.05) is 25.2 Å².